The number of nitrogens with one attached hydrogen (secondary N) is 2. The molecule has 2 aliphatic heterocycles. The number of benzene rings is 2. The van der Waals surface area contributed by atoms with E-state index in [9.17, 15) is 35.5 Å². The van der Waals surface area contributed by atoms with E-state index in [4.69, 9.17) is 4.74 Å². The van der Waals surface area contributed by atoms with E-state index in [1.54, 1.807) is 11.8 Å². The summed E-state index contributed by atoms with van der Waals surface area (Å²) in [4.78, 5) is 30.9. The number of allylic oxidation sites excluding steroid dienone is 6. The first-order chi connectivity index (χ1) is 31.5. The predicted molar refractivity (Wildman–Crippen MR) is 273 cm³/mol. The van der Waals surface area contributed by atoms with E-state index in [0.29, 0.717) is 64.0 Å². The van der Waals surface area contributed by atoms with Crippen LogP contribution in [0.3, 0.4) is 0 Å². The van der Waals surface area contributed by atoms with Gasteiger partial charge in [0.15, 0.2) is 0 Å². The lowest BCUT2D eigenvalue weighted by Crippen LogP contribution is -2.40. The van der Waals surface area contributed by atoms with Crippen LogP contribution in [0, 0.1) is 0 Å². The molecule has 16 heteroatoms. The molecule has 1 atom stereocenters. The van der Waals surface area contributed by atoms with Gasteiger partial charge in [-0.25, -0.2) is 4.79 Å². The monoisotopic (exact) mass is 982 g/mol. The Morgan fingerprint density at radius 1 is 0.791 bits per heavy atom. The van der Waals surface area contributed by atoms with E-state index in [1.165, 1.54) is 22.3 Å². The summed E-state index contributed by atoms with van der Waals surface area (Å²) >= 11 is 1.71. The molecule has 2 aromatic carbocycles. The maximum atomic E-state index is 13.2. The van der Waals surface area contributed by atoms with Crippen molar-refractivity contribution in [1.82, 2.24) is 10.6 Å². The first-order valence-corrected chi connectivity index (χ1v) is 28.0. The molecule has 0 saturated carbocycles. The lowest BCUT2D eigenvalue weighted by Gasteiger charge is -2.33. The van der Waals surface area contributed by atoms with Crippen LogP contribution in [0.15, 0.2) is 94.6 Å². The van der Waals surface area contributed by atoms with E-state index in [0.717, 1.165) is 60.5 Å². The third kappa shape index (κ3) is 15.7. The van der Waals surface area contributed by atoms with Crippen LogP contribution in [0.2, 0.25) is 0 Å². The van der Waals surface area contributed by atoms with E-state index in [1.807, 2.05) is 39.0 Å². The van der Waals surface area contributed by atoms with Gasteiger partial charge in [0, 0.05) is 71.2 Å². The minimum atomic E-state index is -4.05. The largest absolute Gasteiger partial charge is 0.444 e. The van der Waals surface area contributed by atoms with Gasteiger partial charge in [-0.1, -0.05) is 82.3 Å². The number of ether oxygens (including phenoxy) is 1. The van der Waals surface area contributed by atoms with Crippen molar-refractivity contribution in [3.05, 3.63) is 106 Å². The molecule has 0 fully saturated rings. The van der Waals surface area contributed by atoms with Crippen molar-refractivity contribution in [3.8, 4) is 0 Å². The lowest BCUT2D eigenvalue weighted by molar-refractivity contribution is -0.120. The molecular weight excluding hydrogens is 909 g/mol. The van der Waals surface area contributed by atoms with Gasteiger partial charge in [-0.3, -0.25) is 13.9 Å². The summed E-state index contributed by atoms with van der Waals surface area (Å²) in [6.07, 6.45) is 15.9. The van der Waals surface area contributed by atoms with Crippen molar-refractivity contribution < 1.29 is 40.3 Å². The molecule has 2 heterocycles. The number of thioether (sulfide) groups is 1. The molecule has 3 aliphatic rings. The topological polar surface area (TPSA) is 183 Å². The number of nitrogens with zero attached hydrogens (tertiary/aromatic N) is 2. The molecule has 2 amide bonds. The second-order valence-corrected chi connectivity index (χ2v) is 24.2. The molecule has 1 unspecified atom stereocenters. The lowest BCUT2D eigenvalue weighted by atomic mass is 9.80. The van der Waals surface area contributed by atoms with Crippen LogP contribution >= 0.6 is 11.8 Å². The van der Waals surface area contributed by atoms with Crippen LogP contribution in [0.1, 0.15) is 130 Å². The smallest absolute Gasteiger partial charge is 0.407 e. The summed E-state index contributed by atoms with van der Waals surface area (Å²) in [5.74, 6) is 0.0294. The van der Waals surface area contributed by atoms with Crippen LogP contribution in [0.25, 0.3) is 0 Å². The van der Waals surface area contributed by atoms with Gasteiger partial charge in [0.2, 0.25) is 5.91 Å². The first kappa shape index (κ1) is 53.9. The molecule has 370 valence electrons. The number of carbonyl (C=O) groups excluding carboxylic acids is 2. The first-order valence-electron chi connectivity index (χ1n) is 23.8. The van der Waals surface area contributed by atoms with Crippen LogP contribution in [-0.4, -0.2) is 93.0 Å². The predicted octanol–water partition coefficient (Wildman–Crippen LogP) is 10.0. The number of unbranched alkanes of at least 4 members (excludes halogenated alkanes) is 4. The molecule has 0 aromatic heterocycles. The van der Waals surface area contributed by atoms with E-state index >= 15 is 0 Å². The average molecular weight is 983 g/mol. The summed E-state index contributed by atoms with van der Waals surface area (Å²) in [6.45, 7) is 16.7. The van der Waals surface area contributed by atoms with Crippen molar-refractivity contribution in [2.45, 2.75) is 142 Å². The number of alkyl carbamates (subject to hydrolysis) is 1. The Balaban J connectivity index is 1.38. The number of para-hydroxylation sites is 2. The van der Waals surface area contributed by atoms with Gasteiger partial charge in [0.05, 0.1) is 17.5 Å². The maximum absolute atomic E-state index is 13.2. The van der Waals surface area contributed by atoms with Gasteiger partial charge in [-0.2, -0.15) is 16.8 Å². The highest BCUT2D eigenvalue weighted by atomic mass is 32.2. The van der Waals surface area contributed by atoms with Crippen molar-refractivity contribution >= 4 is 55.4 Å². The van der Waals surface area contributed by atoms with Gasteiger partial charge in [-0.05, 0) is 125 Å². The van der Waals surface area contributed by atoms with Gasteiger partial charge >= 0.3 is 6.09 Å². The second kappa shape index (κ2) is 23.5. The van der Waals surface area contributed by atoms with Crippen LogP contribution in [0.4, 0.5) is 16.2 Å². The zero-order chi connectivity index (χ0) is 49.0. The minimum Gasteiger partial charge on any atom is -0.444 e. The molecule has 0 saturated heterocycles. The standard InChI is InChI=1S/C51H74N4O9S3/c1-49(2,3)64-48(57)53-32-14-8-13-31-52-46(56)30-35-65-47-38(26-28-44-50(4,5)40-22-9-11-24-42(40)54(44)33-15-17-36-66(58,59)60)20-19-21-39(47)27-29-45-51(6,7)41-23-10-12-25-43(41)55(45)34-16-18-37-67(61,62)63/h9-12,22-29,44H,8,13-21,30-37H2,1-7H3,(H,52,56)(H,53,57)(H,58,59,60)(H,61,62,63). The third-order valence-corrected chi connectivity index (χ3v) is 15.5. The average Bonchev–Trinajstić information content (AvgIpc) is 3.59. The molecule has 13 nitrogen and oxygen atoms in total. The summed E-state index contributed by atoms with van der Waals surface area (Å²) in [7, 11) is -8.10. The third-order valence-electron chi connectivity index (χ3n) is 12.7. The summed E-state index contributed by atoms with van der Waals surface area (Å²) in [5.41, 5.74) is 7.02. The second-order valence-electron chi connectivity index (χ2n) is 19.9. The van der Waals surface area contributed by atoms with Crippen molar-refractivity contribution in [3.63, 3.8) is 0 Å². The number of amides is 2. The Hall–Kier alpha value is -4.09. The zero-order valence-corrected chi connectivity index (χ0v) is 43.1. The molecule has 67 heavy (non-hydrogen) atoms. The van der Waals surface area contributed by atoms with Gasteiger partial charge < -0.3 is 25.2 Å². The number of rotatable bonds is 23. The fourth-order valence-electron chi connectivity index (χ4n) is 9.36. The van der Waals surface area contributed by atoms with Crippen molar-refractivity contribution in [2.24, 2.45) is 0 Å². The van der Waals surface area contributed by atoms with Gasteiger partial charge in [0.1, 0.15) is 5.60 Å². The Morgan fingerprint density at radius 3 is 2.06 bits per heavy atom. The Morgan fingerprint density at radius 2 is 1.40 bits per heavy atom. The zero-order valence-electron chi connectivity index (χ0n) is 40.6. The molecule has 0 bridgehead atoms. The van der Waals surface area contributed by atoms with E-state index in [-0.39, 0.29) is 34.3 Å². The molecule has 2 aromatic rings. The summed E-state index contributed by atoms with van der Waals surface area (Å²) in [5, 5.41) is 5.86. The molecule has 4 N–H and O–H groups in total. The quantitative estimate of drug-likeness (QED) is 0.0612. The highest BCUT2D eigenvalue weighted by Gasteiger charge is 2.43. The summed E-state index contributed by atoms with van der Waals surface area (Å²) < 4.78 is 70.2. The highest BCUT2D eigenvalue weighted by Crippen LogP contribution is 2.49. The van der Waals surface area contributed by atoms with Crippen LogP contribution in [0.5, 0.6) is 0 Å². The van der Waals surface area contributed by atoms with Crippen molar-refractivity contribution in [1.29, 1.82) is 0 Å². The van der Waals surface area contributed by atoms with Gasteiger partial charge in [0.25, 0.3) is 20.2 Å². The van der Waals surface area contributed by atoms with Crippen LogP contribution < -0.4 is 20.4 Å². The SMILES string of the molecule is CC(C)(C)OC(=O)NCCCCCNC(=O)CCSC1=C(C=CC2N(CCCCS(=O)(=O)O)c3ccccc3C2(C)C)CCCC1=CC=C1N(CCCCS(=O)(=O)O)c2ccccc2C1(C)C. The molecule has 0 spiro atoms. The molecule has 1 aliphatic carbocycles. The number of hydrogen-bond donors (Lipinski definition) is 4. The fourth-order valence-corrected chi connectivity index (χ4v) is 11.7. The number of hydrogen-bond acceptors (Lipinski definition) is 10. The molecular formula is C51H74N4O9S3. The van der Waals surface area contributed by atoms with Gasteiger partial charge in [-0.15, -0.1) is 11.8 Å². The van der Waals surface area contributed by atoms with E-state index in [2.05, 4.69) is 103 Å². The Kier molecular flexibility index (Phi) is 18.9. The Bertz CT molecular complexity index is 2400. The normalized spacial score (nSPS) is 19.3. The fraction of sp³-hybridized carbons (Fsp3) is 0.569. The summed E-state index contributed by atoms with van der Waals surface area (Å²) in [6, 6.07) is 16.7. The molecule has 5 rings (SSSR count). The Labute approximate surface area is 404 Å². The maximum Gasteiger partial charge on any atom is 0.407 e. The molecule has 0 radical (unpaired) electrons. The van der Waals surface area contributed by atoms with E-state index < -0.39 is 31.9 Å². The highest BCUT2D eigenvalue weighted by molar-refractivity contribution is 8.03. The van der Waals surface area contributed by atoms with Crippen LogP contribution in [-0.2, 0) is 40.6 Å². The number of carbonyl (C=O) groups is 2. The minimum absolute atomic E-state index is 0.00857. The number of fused-ring (bicyclic) bond motifs is 2. The number of anilines is 2. The van der Waals surface area contributed by atoms with Crippen molar-refractivity contribution in [2.75, 3.05) is 53.2 Å².